The lowest BCUT2D eigenvalue weighted by Crippen LogP contribution is -2.69. The maximum atomic E-state index is 12.3. The summed E-state index contributed by atoms with van der Waals surface area (Å²) < 4.78 is 99.8. The molecule has 0 spiro atoms. The Morgan fingerprint density at radius 3 is 0.764 bits per heavy atom. The van der Waals surface area contributed by atoms with Crippen LogP contribution in [0.1, 0.15) is 20.7 Å². The standard InChI is InChI=1S/C62H89NO43/c64-10-22-46-31(72)39(80)57(93-22)104-50-26(14-68)97-61(43(84)35(50)76)106-52-28(16-90-20-8-4-2-6-18(20)54(88)89)98-62(44(85)36(52)77)105-51-27(15-69)96-60(42(83)34(51)75)103-49-25(13-67)95-59(41(82)33(49)74)102-48-24(12-66)94-58(40(81)32(48)73)101-47-23(11-65)92-56(38(79)30(47)71)99-45-21(91-55(100-46)37(78)29(45)70)9-63-19-7-3-1-5-17(19)53(86)87/h1-8,21-52,55-85H,9-16H2,(H,86,87)(H,88,89)/t21-,22+,23-,24-,25-,26+,27+,28+,29+,30+,31+,32+,33+,34+,35+,36+,37+,38+,39+,40+,41+,42+,43-,44+,45+,46+,47+,48+,49+,50+,51+,52+,55+,56+,57+,58+,59+,60+,61+,62+/m0/s1. The molecule has 30 heterocycles. The number of ether oxygens (including phenoxy) is 17. The van der Waals surface area contributed by atoms with Gasteiger partial charge in [-0.3, -0.25) is 0 Å². The number of aliphatic hydroxyl groups is 22. The Morgan fingerprint density at radius 2 is 0.500 bits per heavy atom. The van der Waals surface area contributed by atoms with Crippen molar-refractivity contribution in [3.05, 3.63) is 59.7 Å². The van der Waals surface area contributed by atoms with Crippen LogP contribution in [0.4, 0.5) is 5.69 Å². The summed E-state index contributed by atoms with van der Waals surface area (Å²) in [5.74, 6) is -3.22. The zero-order valence-electron chi connectivity index (χ0n) is 55.4. The minimum Gasteiger partial charge on any atom is -0.490 e. The van der Waals surface area contributed by atoms with E-state index >= 15 is 0 Å². The summed E-state index contributed by atoms with van der Waals surface area (Å²) in [5.41, 5.74) is -0.777. The molecule has 30 saturated heterocycles. The van der Waals surface area contributed by atoms with Gasteiger partial charge in [-0.1, -0.05) is 24.3 Å². The normalized spacial score (nSPS) is 47.8. The number of anilines is 1. The number of aliphatic hydroxyl groups excluding tert-OH is 22. The Balaban J connectivity index is 0.897. The molecule has 600 valence electrons. The zero-order valence-corrected chi connectivity index (χ0v) is 55.4. The van der Waals surface area contributed by atoms with Gasteiger partial charge in [0.05, 0.1) is 45.2 Å². The highest BCUT2D eigenvalue weighted by molar-refractivity contribution is 5.94. The van der Waals surface area contributed by atoms with Crippen molar-refractivity contribution in [1.82, 2.24) is 0 Å². The SMILES string of the molecule is O=C(O)c1ccccc1NC[C@@H]1O[C@@H]2O[C@H]3[C@H](O)[C@@H](O)[C@@H](O[C@H]4[C@H](O)[C@H](O)[C@@H](O[C@H]5[C@H](O)[C@@H](O)[C@@H](O[C@H]6[C@H](O)[C@@H](O)[C@@H](O[C@H]7[C@H](O)[C@@H](O)[C@@H](O[C@H]8[C@H](O)[C@@H](O)[C@@H](O[C@H]9[C@H](O)[C@@H](O)[C@@H](O[C@H]1[C@H](O)[C@H]2O)O[C@H]9CO)O[C@H]8CO)O[C@H]7CO)O[C@@H]6CO)O[C@@H]5COc1ccccc1C(=O)O)O[C@@H]4CO)O[C@@H]3CO. The summed E-state index contributed by atoms with van der Waals surface area (Å²) >= 11 is 0. The summed E-state index contributed by atoms with van der Waals surface area (Å²) in [6.07, 6.45) is -84.9. The third kappa shape index (κ3) is 16.8. The van der Waals surface area contributed by atoms with E-state index in [9.17, 15) is 132 Å². The molecule has 30 aliphatic rings. The van der Waals surface area contributed by atoms with Crippen LogP contribution in [0, 0.1) is 0 Å². The van der Waals surface area contributed by atoms with Crippen LogP contribution in [-0.2, 0) is 75.8 Å². The molecule has 0 aliphatic carbocycles. The van der Waals surface area contributed by atoms with E-state index in [1.54, 1.807) is 0 Å². The largest absolute Gasteiger partial charge is 0.490 e. The molecule has 40 atom stereocenters. The van der Waals surface area contributed by atoms with Gasteiger partial charge in [0.1, 0.15) is 213 Å². The minimum absolute atomic E-state index is 0.0693. The Hall–Kier alpha value is -4.54. The van der Waals surface area contributed by atoms with Crippen LogP contribution >= 0.6 is 0 Å². The number of aromatic carboxylic acids is 2. The van der Waals surface area contributed by atoms with E-state index in [2.05, 4.69) is 5.32 Å². The molecule has 0 amide bonds. The van der Waals surface area contributed by atoms with E-state index in [4.69, 9.17) is 80.5 Å². The van der Waals surface area contributed by atoms with Crippen LogP contribution in [0.2, 0.25) is 0 Å². The van der Waals surface area contributed by atoms with Crippen LogP contribution in [-0.4, -0.2) is 433 Å². The number of hydrogen-bond acceptors (Lipinski definition) is 42. The molecule has 0 radical (unpaired) electrons. The van der Waals surface area contributed by atoms with Gasteiger partial charge < -0.3 is 208 Å². The molecule has 0 unspecified atom stereocenters. The van der Waals surface area contributed by atoms with Crippen molar-refractivity contribution in [2.24, 2.45) is 0 Å². The van der Waals surface area contributed by atoms with Crippen LogP contribution in [0.25, 0.3) is 0 Å². The molecule has 44 nitrogen and oxygen atoms in total. The second-order valence-electron chi connectivity index (χ2n) is 26.4. The van der Waals surface area contributed by atoms with Crippen molar-refractivity contribution in [3.63, 3.8) is 0 Å². The molecule has 0 saturated carbocycles. The highest BCUT2D eigenvalue weighted by Crippen LogP contribution is 2.41. The fourth-order valence-electron chi connectivity index (χ4n) is 13.9. The molecule has 44 heteroatoms. The second-order valence-corrected chi connectivity index (χ2v) is 26.4. The molecule has 25 N–H and O–H groups in total. The first-order valence-corrected chi connectivity index (χ1v) is 33.6. The van der Waals surface area contributed by atoms with Crippen LogP contribution in [0.3, 0.4) is 0 Å². The fraction of sp³-hybridized carbons (Fsp3) is 0.774. The van der Waals surface area contributed by atoms with Gasteiger partial charge in [-0.2, -0.15) is 0 Å². The van der Waals surface area contributed by atoms with Gasteiger partial charge in [0, 0.05) is 12.2 Å². The Labute approximate surface area is 598 Å². The van der Waals surface area contributed by atoms with Crippen molar-refractivity contribution >= 4 is 17.6 Å². The predicted molar refractivity (Wildman–Crippen MR) is 328 cm³/mol. The van der Waals surface area contributed by atoms with Gasteiger partial charge >= 0.3 is 11.9 Å². The van der Waals surface area contributed by atoms with Crippen molar-refractivity contribution in [2.45, 2.75) is 246 Å². The number of carboxylic acids is 2. The molecule has 30 aliphatic heterocycles. The highest BCUT2D eigenvalue weighted by Gasteiger charge is 2.61. The first-order valence-electron chi connectivity index (χ1n) is 33.6. The topological polar surface area (TPSA) is 689 Å². The van der Waals surface area contributed by atoms with E-state index in [0.29, 0.717) is 0 Å². The number of hydrogen-bond donors (Lipinski definition) is 25. The molecule has 2 aromatic carbocycles. The summed E-state index contributed by atoms with van der Waals surface area (Å²) in [5, 5.41) is 274. The highest BCUT2D eigenvalue weighted by atomic mass is 16.8. The molecule has 32 rings (SSSR count). The van der Waals surface area contributed by atoms with E-state index in [-0.39, 0.29) is 17.0 Å². The third-order valence-corrected chi connectivity index (χ3v) is 19.7. The van der Waals surface area contributed by atoms with E-state index in [1.807, 2.05) is 0 Å². The molecule has 2 aromatic rings. The molecule has 106 heavy (non-hydrogen) atoms. The van der Waals surface area contributed by atoms with E-state index < -0.39 is 316 Å². The van der Waals surface area contributed by atoms with Crippen LogP contribution in [0.5, 0.6) is 5.75 Å². The summed E-state index contributed by atoms with van der Waals surface area (Å²) in [6, 6.07) is 10.5. The van der Waals surface area contributed by atoms with Crippen LogP contribution < -0.4 is 10.1 Å². The third-order valence-electron chi connectivity index (χ3n) is 19.7. The van der Waals surface area contributed by atoms with Gasteiger partial charge in [-0.25, -0.2) is 9.59 Å². The average Bonchev–Trinajstić information content (AvgIpc) is 0.774. The molecule has 16 bridgehead atoms. The maximum Gasteiger partial charge on any atom is 0.339 e. The lowest BCUT2D eigenvalue weighted by atomic mass is 9.94. The van der Waals surface area contributed by atoms with Gasteiger partial charge in [-0.05, 0) is 24.3 Å². The molecular weight excluding hydrogens is 1450 g/mol. The summed E-state index contributed by atoms with van der Waals surface area (Å²) in [4.78, 5) is 24.5. The number of benzene rings is 2. The second kappa shape index (κ2) is 35.4. The predicted octanol–water partition coefficient (Wildman–Crippen LogP) is -13.8. The smallest absolute Gasteiger partial charge is 0.339 e. The Morgan fingerprint density at radius 1 is 0.283 bits per heavy atom. The van der Waals surface area contributed by atoms with Crippen molar-refractivity contribution < 1.29 is 213 Å². The van der Waals surface area contributed by atoms with Crippen LogP contribution in [0.15, 0.2) is 48.5 Å². The Kier molecular flexibility index (Phi) is 27.6. The Bertz CT molecular complexity index is 3080. The number of rotatable bonds is 14. The summed E-state index contributed by atoms with van der Waals surface area (Å²) in [7, 11) is 0. The van der Waals surface area contributed by atoms with E-state index in [1.165, 1.54) is 42.5 Å². The van der Waals surface area contributed by atoms with Gasteiger partial charge in [0.2, 0.25) is 0 Å². The monoisotopic (exact) mass is 1540 g/mol. The van der Waals surface area contributed by atoms with Gasteiger partial charge in [-0.15, -0.1) is 0 Å². The van der Waals surface area contributed by atoms with Gasteiger partial charge in [0.25, 0.3) is 0 Å². The van der Waals surface area contributed by atoms with Crippen molar-refractivity contribution in [3.8, 4) is 5.75 Å². The lowest BCUT2D eigenvalue weighted by molar-refractivity contribution is -0.403. The zero-order chi connectivity index (χ0) is 76.6. The molecule has 0 aromatic heterocycles. The number of carbonyl (C=O) groups is 2. The lowest BCUT2D eigenvalue weighted by Gasteiger charge is -2.50. The number of carboxylic acid groups (broad SMARTS) is 2. The first kappa shape index (κ1) is 82.4. The van der Waals surface area contributed by atoms with E-state index in [0.717, 1.165) is 6.07 Å². The summed E-state index contributed by atoms with van der Waals surface area (Å²) in [6.45, 7) is -8.28. The molecular formula is C62H89NO43. The average molecular weight is 1540 g/mol. The number of para-hydroxylation sites is 2. The fourth-order valence-corrected chi connectivity index (χ4v) is 13.9. The quantitative estimate of drug-likeness (QED) is 0.0835. The maximum absolute atomic E-state index is 12.3. The number of nitrogens with one attached hydrogen (secondary N) is 1. The van der Waals surface area contributed by atoms with Crippen molar-refractivity contribution in [1.29, 1.82) is 0 Å². The first-order chi connectivity index (χ1) is 50.6. The molecule has 30 fully saturated rings. The van der Waals surface area contributed by atoms with Gasteiger partial charge in [0.15, 0.2) is 50.3 Å². The van der Waals surface area contributed by atoms with Crippen molar-refractivity contribution in [2.75, 3.05) is 58.1 Å². The minimum atomic E-state index is -2.35.